The predicted octanol–water partition coefficient (Wildman–Crippen LogP) is 5.71. The van der Waals surface area contributed by atoms with Crippen LogP contribution in [0.3, 0.4) is 0 Å². The summed E-state index contributed by atoms with van der Waals surface area (Å²) < 4.78 is 22.9. The molecule has 0 unspecified atom stereocenters. The van der Waals surface area contributed by atoms with Gasteiger partial charge in [0.15, 0.2) is 5.82 Å². The number of piperidine rings is 1. The predicted molar refractivity (Wildman–Crippen MR) is 157 cm³/mol. The maximum Gasteiger partial charge on any atom is 0.319 e. The highest BCUT2D eigenvalue weighted by atomic mass is 35.5. The van der Waals surface area contributed by atoms with Crippen molar-refractivity contribution >= 4 is 39.1 Å². The number of likely N-dealkylation sites (N-methyl/N-ethyl adjacent to an activating group) is 1. The van der Waals surface area contributed by atoms with Crippen LogP contribution in [-0.2, 0) is 0 Å². The Balaban J connectivity index is 1.40. The largest absolute Gasteiger partial charge is 0.508 e. The van der Waals surface area contributed by atoms with Crippen molar-refractivity contribution in [3.8, 4) is 22.9 Å². The standard InChI is InChI=1S/C31H33ClFN5O2/c1-36-10-4-6-21(36)18-40-31-34-29-25(30(35-31)38-14-13-37-11-8-20(38)9-12-37)17-26(32)27(28(29)33)24-16-22(39)15-19-5-2-3-7-23(19)24/h2-3,5,7,15-17,20-21,39H,4,6,8-14,18H2,1H3/t21-/m0/s1. The molecule has 2 bridgehead atoms. The molecule has 9 heteroatoms. The molecule has 7 nitrogen and oxygen atoms in total. The fourth-order valence-electron chi connectivity index (χ4n) is 6.72. The average Bonchev–Trinajstić information content (AvgIpc) is 3.14. The van der Waals surface area contributed by atoms with E-state index in [2.05, 4.69) is 26.7 Å². The topological polar surface area (TPSA) is 65.0 Å². The first-order valence-corrected chi connectivity index (χ1v) is 14.6. The summed E-state index contributed by atoms with van der Waals surface area (Å²) in [6.07, 6.45) is 4.27. The zero-order valence-corrected chi connectivity index (χ0v) is 23.4. The van der Waals surface area contributed by atoms with E-state index < -0.39 is 5.82 Å². The van der Waals surface area contributed by atoms with Crippen LogP contribution in [-0.4, -0.2) is 83.3 Å². The van der Waals surface area contributed by atoms with Gasteiger partial charge in [-0.1, -0.05) is 35.9 Å². The van der Waals surface area contributed by atoms with Gasteiger partial charge in [0, 0.05) is 49.2 Å². The molecule has 0 spiro atoms. The molecule has 0 radical (unpaired) electrons. The summed E-state index contributed by atoms with van der Waals surface area (Å²) in [5.41, 5.74) is 0.928. The number of rotatable bonds is 5. The van der Waals surface area contributed by atoms with Crippen LogP contribution >= 0.6 is 11.6 Å². The first kappa shape index (κ1) is 25.7. The average molecular weight is 562 g/mol. The summed E-state index contributed by atoms with van der Waals surface area (Å²) in [6.45, 7) is 5.36. The van der Waals surface area contributed by atoms with E-state index in [1.807, 2.05) is 24.3 Å². The Morgan fingerprint density at radius 2 is 1.82 bits per heavy atom. The number of anilines is 1. The molecule has 4 saturated heterocycles. The molecule has 4 aromatic rings. The fraction of sp³-hybridized carbons (Fsp3) is 0.419. The van der Waals surface area contributed by atoms with Crippen LogP contribution < -0.4 is 9.64 Å². The lowest BCUT2D eigenvalue weighted by molar-refractivity contribution is 0.188. The number of likely N-dealkylation sites (tertiary alicyclic amines) is 1. The number of aromatic hydroxyl groups is 1. The maximum absolute atomic E-state index is 16.7. The van der Waals surface area contributed by atoms with E-state index >= 15 is 4.39 Å². The molecule has 0 saturated carbocycles. The lowest BCUT2D eigenvalue weighted by atomic mass is 9.96. The SMILES string of the molecule is CN1CCC[C@H]1COc1nc(N2CCN3CCC2CC3)c2cc(Cl)c(-c3cc(O)cc4ccccc34)c(F)c2n1. The van der Waals surface area contributed by atoms with Crippen molar-refractivity contribution in [3.63, 3.8) is 0 Å². The smallest absolute Gasteiger partial charge is 0.319 e. The van der Waals surface area contributed by atoms with E-state index in [-0.39, 0.29) is 33.9 Å². The lowest BCUT2D eigenvalue weighted by Crippen LogP contribution is -2.38. The monoisotopic (exact) mass is 561 g/mol. The second-order valence-corrected chi connectivity index (χ2v) is 11.7. The molecule has 4 fully saturated rings. The van der Waals surface area contributed by atoms with Crippen LogP contribution in [0.25, 0.3) is 32.8 Å². The third-order valence-corrected chi connectivity index (χ3v) is 9.26. The van der Waals surface area contributed by atoms with Gasteiger partial charge in [0.05, 0.1) is 5.02 Å². The highest BCUT2D eigenvalue weighted by Crippen LogP contribution is 2.43. The number of fused-ring (bicyclic) bond motifs is 6. The van der Waals surface area contributed by atoms with Crippen molar-refractivity contribution in [1.29, 1.82) is 0 Å². The highest BCUT2D eigenvalue weighted by molar-refractivity contribution is 6.35. The molecule has 208 valence electrons. The number of benzene rings is 3. The van der Waals surface area contributed by atoms with E-state index in [0.717, 1.165) is 69.2 Å². The van der Waals surface area contributed by atoms with Crippen LogP contribution in [0.15, 0.2) is 42.5 Å². The normalized spacial score (nSPS) is 23.3. The van der Waals surface area contributed by atoms with Crippen LogP contribution in [0.4, 0.5) is 10.2 Å². The number of nitrogens with zero attached hydrogens (tertiary/aromatic N) is 5. The summed E-state index contributed by atoms with van der Waals surface area (Å²) >= 11 is 6.88. The van der Waals surface area contributed by atoms with Gasteiger partial charge in [0.25, 0.3) is 0 Å². The number of ether oxygens (including phenoxy) is 1. The minimum atomic E-state index is -0.535. The number of phenolic OH excluding ortho intramolecular Hbond substituents is 1. The van der Waals surface area contributed by atoms with Crippen molar-refractivity contribution in [2.45, 2.75) is 37.8 Å². The number of phenols is 1. The quantitative estimate of drug-likeness (QED) is 0.335. The minimum absolute atomic E-state index is 0.0488. The molecule has 4 aliphatic heterocycles. The van der Waals surface area contributed by atoms with E-state index in [9.17, 15) is 5.11 Å². The molecule has 0 aliphatic carbocycles. The summed E-state index contributed by atoms with van der Waals surface area (Å²) in [5.74, 6) is 0.196. The number of halogens is 2. The van der Waals surface area contributed by atoms with Crippen molar-refractivity contribution in [1.82, 2.24) is 19.8 Å². The van der Waals surface area contributed by atoms with Gasteiger partial charge in [-0.05, 0) is 73.8 Å². The van der Waals surface area contributed by atoms with Gasteiger partial charge >= 0.3 is 6.01 Å². The Labute approximate surface area is 238 Å². The van der Waals surface area contributed by atoms with Crippen LogP contribution in [0.5, 0.6) is 11.8 Å². The van der Waals surface area contributed by atoms with Crippen molar-refractivity contribution in [2.24, 2.45) is 0 Å². The summed E-state index contributed by atoms with van der Waals surface area (Å²) in [7, 11) is 2.10. The summed E-state index contributed by atoms with van der Waals surface area (Å²) in [6, 6.07) is 13.4. The zero-order valence-electron chi connectivity index (χ0n) is 22.6. The lowest BCUT2D eigenvalue weighted by Gasteiger charge is -2.33. The molecule has 4 aliphatic rings. The zero-order chi connectivity index (χ0) is 27.4. The van der Waals surface area contributed by atoms with E-state index in [1.54, 1.807) is 18.2 Å². The summed E-state index contributed by atoms with van der Waals surface area (Å²) in [4.78, 5) is 16.6. The molecule has 3 aromatic carbocycles. The minimum Gasteiger partial charge on any atom is -0.508 e. The van der Waals surface area contributed by atoms with Gasteiger partial charge in [-0.3, -0.25) is 0 Å². The van der Waals surface area contributed by atoms with Crippen molar-refractivity contribution in [3.05, 3.63) is 53.3 Å². The Kier molecular flexibility index (Phi) is 6.65. The molecule has 8 rings (SSSR count). The third kappa shape index (κ3) is 4.52. The molecule has 40 heavy (non-hydrogen) atoms. The molecular weight excluding hydrogens is 529 g/mol. The molecule has 1 atom stereocenters. The molecule has 5 heterocycles. The van der Waals surface area contributed by atoms with E-state index in [4.69, 9.17) is 21.3 Å². The van der Waals surface area contributed by atoms with Gasteiger partial charge < -0.3 is 24.5 Å². The van der Waals surface area contributed by atoms with Crippen LogP contribution in [0.2, 0.25) is 5.02 Å². The van der Waals surface area contributed by atoms with Crippen LogP contribution in [0.1, 0.15) is 25.7 Å². The second-order valence-electron chi connectivity index (χ2n) is 11.3. The first-order valence-electron chi connectivity index (χ1n) is 14.2. The number of hydrogen-bond acceptors (Lipinski definition) is 7. The summed E-state index contributed by atoms with van der Waals surface area (Å²) in [5, 5.41) is 12.9. The van der Waals surface area contributed by atoms with Crippen LogP contribution in [0, 0.1) is 5.82 Å². The Hall–Kier alpha value is -3.20. The third-order valence-electron chi connectivity index (χ3n) is 8.96. The molecular formula is C31H33ClFN5O2. The second kappa shape index (κ2) is 10.3. The van der Waals surface area contributed by atoms with Crippen molar-refractivity contribution < 1.29 is 14.2 Å². The highest BCUT2D eigenvalue weighted by Gasteiger charge is 2.33. The molecule has 1 aromatic heterocycles. The fourth-order valence-corrected chi connectivity index (χ4v) is 7.01. The van der Waals surface area contributed by atoms with Gasteiger partial charge in [-0.25, -0.2) is 4.39 Å². The van der Waals surface area contributed by atoms with Gasteiger partial charge in [-0.2, -0.15) is 9.97 Å². The number of hydrogen-bond donors (Lipinski definition) is 1. The van der Waals surface area contributed by atoms with Gasteiger partial charge in [0.2, 0.25) is 0 Å². The van der Waals surface area contributed by atoms with Crippen molar-refractivity contribution in [2.75, 3.05) is 51.3 Å². The molecule has 0 amide bonds. The molecule has 1 N–H and O–H groups in total. The Morgan fingerprint density at radius 3 is 2.62 bits per heavy atom. The maximum atomic E-state index is 16.7. The first-order chi connectivity index (χ1) is 19.5. The van der Waals surface area contributed by atoms with E-state index in [1.165, 1.54) is 0 Å². The Bertz CT molecular complexity index is 1590. The Morgan fingerprint density at radius 1 is 1.00 bits per heavy atom. The van der Waals surface area contributed by atoms with E-state index in [0.29, 0.717) is 29.4 Å². The van der Waals surface area contributed by atoms with Gasteiger partial charge in [0.1, 0.15) is 23.7 Å². The van der Waals surface area contributed by atoms with Gasteiger partial charge in [-0.15, -0.1) is 0 Å². The number of aromatic nitrogens is 2.